The van der Waals surface area contributed by atoms with Crippen LogP contribution in [0.15, 0.2) is 36.4 Å². The highest BCUT2D eigenvalue weighted by Gasteiger charge is 2.16. The smallest absolute Gasteiger partial charge is 0.127 e. The Morgan fingerprint density at radius 3 is 2.50 bits per heavy atom. The Morgan fingerprint density at radius 2 is 1.85 bits per heavy atom. The van der Waals surface area contributed by atoms with Crippen molar-refractivity contribution in [2.45, 2.75) is 26.3 Å². The first kappa shape index (κ1) is 15.0. The fourth-order valence-corrected chi connectivity index (χ4v) is 2.66. The molecule has 1 unspecified atom stereocenters. The Morgan fingerprint density at radius 1 is 1.15 bits per heavy atom. The molecule has 3 heteroatoms. The lowest BCUT2D eigenvalue weighted by Gasteiger charge is -2.20. The molecule has 2 aromatic rings. The molecule has 0 amide bonds. The van der Waals surface area contributed by atoms with Gasteiger partial charge in [0.2, 0.25) is 0 Å². The third-order valence-corrected chi connectivity index (χ3v) is 4.01. The molecule has 1 nitrogen and oxygen atoms in total. The number of benzene rings is 2. The maximum Gasteiger partial charge on any atom is 0.127 e. The summed E-state index contributed by atoms with van der Waals surface area (Å²) in [4.78, 5) is 0. The normalized spacial score (nSPS) is 12.4. The van der Waals surface area contributed by atoms with Gasteiger partial charge in [0.05, 0.1) is 0 Å². The molecule has 0 fully saturated rings. The fourth-order valence-electron chi connectivity index (χ4n) is 2.37. The van der Waals surface area contributed by atoms with Crippen LogP contribution in [-0.2, 0) is 6.42 Å². The zero-order valence-electron chi connectivity index (χ0n) is 12.0. The Kier molecular flexibility index (Phi) is 4.79. The van der Waals surface area contributed by atoms with E-state index in [1.807, 2.05) is 25.2 Å². The van der Waals surface area contributed by atoms with Gasteiger partial charge in [-0.3, -0.25) is 0 Å². The standard InChI is InChI=1S/C17H19ClFN/c1-11-6-4-5-7-13(11)9-17(20-3)14-8-12(2)16(19)10-15(14)18/h4-8,10,17,20H,9H2,1-3H3. The van der Waals surface area contributed by atoms with E-state index in [0.717, 1.165) is 12.0 Å². The molecule has 0 aliphatic rings. The predicted octanol–water partition coefficient (Wildman–Crippen LogP) is 4.60. The van der Waals surface area contributed by atoms with Crippen LogP contribution in [-0.4, -0.2) is 7.05 Å². The van der Waals surface area contributed by atoms with Crippen LogP contribution >= 0.6 is 11.6 Å². The lowest BCUT2D eigenvalue weighted by Crippen LogP contribution is -2.20. The maximum atomic E-state index is 13.5. The maximum absolute atomic E-state index is 13.5. The van der Waals surface area contributed by atoms with Gasteiger partial charge < -0.3 is 5.32 Å². The number of likely N-dealkylation sites (N-methyl/N-ethyl adjacent to an activating group) is 1. The summed E-state index contributed by atoms with van der Waals surface area (Å²) in [7, 11) is 1.90. The Labute approximate surface area is 124 Å². The average Bonchev–Trinajstić information content (AvgIpc) is 2.42. The van der Waals surface area contributed by atoms with E-state index >= 15 is 0 Å². The highest BCUT2D eigenvalue weighted by molar-refractivity contribution is 6.31. The van der Waals surface area contributed by atoms with E-state index in [1.54, 1.807) is 6.92 Å². The van der Waals surface area contributed by atoms with Crippen molar-refractivity contribution in [2.75, 3.05) is 7.05 Å². The molecule has 0 aliphatic carbocycles. The highest BCUT2D eigenvalue weighted by atomic mass is 35.5. The molecule has 0 bridgehead atoms. The van der Waals surface area contributed by atoms with Crippen LogP contribution in [0.3, 0.4) is 0 Å². The van der Waals surface area contributed by atoms with Crippen molar-refractivity contribution in [1.29, 1.82) is 0 Å². The van der Waals surface area contributed by atoms with Crippen LogP contribution in [0.25, 0.3) is 0 Å². The Bertz CT molecular complexity index is 610. The average molecular weight is 292 g/mol. The molecule has 0 saturated carbocycles. The van der Waals surface area contributed by atoms with Crippen LogP contribution in [0.2, 0.25) is 5.02 Å². The molecule has 0 radical (unpaired) electrons. The molecule has 0 saturated heterocycles. The van der Waals surface area contributed by atoms with Crippen molar-refractivity contribution in [3.8, 4) is 0 Å². The second-order valence-electron chi connectivity index (χ2n) is 5.09. The van der Waals surface area contributed by atoms with Crippen molar-refractivity contribution in [3.63, 3.8) is 0 Å². The van der Waals surface area contributed by atoms with Crippen LogP contribution in [0.4, 0.5) is 4.39 Å². The first-order valence-electron chi connectivity index (χ1n) is 6.70. The van der Waals surface area contributed by atoms with E-state index in [9.17, 15) is 4.39 Å². The Balaban J connectivity index is 2.34. The fraction of sp³-hybridized carbons (Fsp3) is 0.294. The number of aryl methyl sites for hydroxylation is 2. The molecule has 0 spiro atoms. The van der Waals surface area contributed by atoms with Crippen LogP contribution < -0.4 is 5.32 Å². The minimum absolute atomic E-state index is 0.0721. The monoisotopic (exact) mass is 291 g/mol. The van der Waals surface area contributed by atoms with Gasteiger partial charge in [-0.05, 0) is 55.6 Å². The van der Waals surface area contributed by atoms with Crippen LogP contribution in [0.1, 0.15) is 28.3 Å². The summed E-state index contributed by atoms with van der Waals surface area (Å²) in [6, 6.07) is 11.6. The molecule has 20 heavy (non-hydrogen) atoms. The molecule has 1 atom stereocenters. The van der Waals surface area contributed by atoms with Gasteiger partial charge >= 0.3 is 0 Å². The van der Waals surface area contributed by atoms with E-state index in [4.69, 9.17) is 11.6 Å². The van der Waals surface area contributed by atoms with Gasteiger partial charge in [0.1, 0.15) is 5.82 Å². The van der Waals surface area contributed by atoms with Gasteiger partial charge in [-0.25, -0.2) is 4.39 Å². The number of hydrogen-bond acceptors (Lipinski definition) is 1. The summed E-state index contributed by atoms with van der Waals surface area (Å²) in [5.74, 6) is -0.260. The van der Waals surface area contributed by atoms with E-state index in [2.05, 4.69) is 24.4 Å². The van der Waals surface area contributed by atoms with Gasteiger partial charge in [-0.2, -0.15) is 0 Å². The van der Waals surface area contributed by atoms with Gasteiger partial charge in [0.15, 0.2) is 0 Å². The summed E-state index contributed by atoms with van der Waals surface area (Å²) in [6.45, 7) is 3.86. The van der Waals surface area contributed by atoms with E-state index in [-0.39, 0.29) is 11.9 Å². The number of nitrogens with one attached hydrogen (secondary N) is 1. The van der Waals surface area contributed by atoms with E-state index < -0.39 is 0 Å². The number of rotatable bonds is 4. The van der Waals surface area contributed by atoms with E-state index in [1.165, 1.54) is 17.2 Å². The summed E-state index contributed by atoms with van der Waals surface area (Å²) in [5.41, 5.74) is 4.08. The molecule has 106 valence electrons. The van der Waals surface area contributed by atoms with Gasteiger partial charge in [-0.1, -0.05) is 41.9 Å². The molecular formula is C17H19ClFN. The first-order chi connectivity index (χ1) is 9.52. The van der Waals surface area contributed by atoms with Gasteiger partial charge in [0.25, 0.3) is 0 Å². The zero-order chi connectivity index (χ0) is 14.7. The minimum atomic E-state index is -0.260. The molecule has 2 aromatic carbocycles. The topological polar surface area (TPSA) is 12.0 Å². The quantitative estimate of drug-likeness (QED) is 0.868. The van der Waals surface area contributed by atoms with Crippen molar-refractivity contribution >= 4 is 11.6 Å². The Hall–Kier alpha value is -1.38. The number of hydrogen-bond donors (Lipinski definition) is 1. The van der Waals surface area contributed by atoms with Crippen LogP contribution in [0, 0.1) is 19.7 Å². The molecule has 2 rings (SSSR count). The third-order valence-electron chi connectivity index (χ3n) is 3.69. The predicted molar refractivity (Wildman–Crippen MR) is 82.8 cm³/mol. The zero-order valence-corrected chi connectivity index (χ0v) is 12.8. The van der Waals surface area contributed by atoms with E-state index in [0.29, 0.717) is 10.6 Å². The second kappa shape index (κ2) is 6.38. The number of halogens is 2. The molecule has 0 heterocycles. The highest BCUT2D eigenvalue weighted by Crippen LogP contribution is 2.28. The third kappa shape index (κ3) is 3.20. The lowest BCUT2D eigenvalue weighted by molar-refractivity contribution is 0.582. The summed E-state index contributed by atoms with van der Waals surface area (Å²) >= 11 is 6.20. The SMILES string of the molecule is CNC(Cc1ccccc1C)c1cc(C)c(F)cc1Cl. The summed E-state index contributed by atoms with van der Waals surface area (Å²) < 4.78 is 13.5. The van der Waals surface area contributed by atoms with Crippen molar-refractivity contribution in [1.82, 2.24) is 5.32 Å². The lowest BCUT2D eigenvalue weighted by atomic mass is 9.95. The second-order valence-corrected chi connectivity index (χ2v) is 5.50. The van der Waals surface area contributed by atoms with Crippen molar-refractivity contribution < 1.29 is 4.39 Å². The van der Waals surface area contributed by atoms with Gasteiger partial charge in [-0.15, -0.1) is 0 Å². The van der Waals surface area contributed by atoms with Crippen LogP contribution in [0.5, 0.6) is 0 Å². The summed E-state index contributed by atoms with van der Waals surface area (Å²) in [5, 5.41) is 3.75. The van der Waals surface area contributed by atoms with Gasteiger partial charge in [0, 0.05) is 11.1 Å². The summed E-state index contributed by atoms with van der Waals surface area (Å²) in [6.07, 6.45) is 0.827. The largest absolute Gasteiger partial charge is 0.313 e. The van der Waals surface area contributed by atoms with Crippen molar-refractivity contribution in [2.24, 2.45) is 0 Å². The molecule has 0 aromatic heterocycles. The first-order valence-corrected chi connectivity index (χ1v) is 7.08. The minimum Gasteiger partial charge on any atom is -0.313 e. The van der Waals surface area contributed by atoms with Crippen molar-refractivity contribution in [3.05, 3.63) is 69.5 Å². The molecular weight excluding hydrogens is 273 g/mol. The molecule has 1 N–H and O–H groups in total. The molecule has 0 aliphatic heterocycles.